The van der Waals surface area contributed by atoms with Crippen molar-refractivity contribution >= 4 is 17.5 Å². The Morgan fingerprint density at radius 3 is 2.88 bits per heavy atom. The molecule has 6 heteroatoms. The van der Waals surface area contributed by atoms with Gasteiger partial charge >= 0.3 is 0 Å². The molecule has 3 rings (SSSR count). The molecule has 6 nitrogen and oxygen atoms in total. The third-order valence-electron chi connectivity index (χ3n) is 5.24. The summed E-state index contributed by atoms with van der Waals surface area (Å²) in [5, 5.41) is 6.09. The van der Waals surface area contributed by atoms with E-state index in [1.807, 2.05) is 30.1 Å². The summed E-state index contributed by atoms with van der Waals surface area (Å²) in [6.07, 6.45) is 4.72. The van der Waals surface area contributed by atoms with E-state index in [0.717, 1.165) is 62.3 Å². The fourth-order valence-corrected chi connectivity index (χ4v) is 3.70. The van der Waals surface area contributed by atoms with Crippen LogP contribution in [0.1, 0.15) is 37.7 Å². The first-order valence-electron chi connectivity index (χ1n) is 9.63. The summed E-state index contributed by atoms with van der Waals surface area (Å²) in [5.41, 5.74) is 1.99. The first-order valence-corrected chi connectivity index (χ1v) is 9.63. The highest BCUT2D eigenvalue weighted by Gasteiger charge is 2.22. The minimum absolute atomic E-state index is 0.0691. The molecular weight excluding hydrogens is 330 g/mol. The van der Waals surface area contributed by atoms with Gasteiger partial charge in [-0.15, -0.1) is 0 Å². The average molecular weight is 359 g/mol. The summed E-state index contributed by atoms with van der Waals surface area (Å²) < 4.78 is 5.79. The third kappa shape index (κ3) is 4.97. The van der Waals surface area contributed by atoms with Crippen LogP contribution in [-0.4, -0.2) is 50.0 Å². The number of nitrogens with zero attached hydrogens (tertiary/aromatic N) is 1. The van der Waals surface area contributed by atoms with Crippen LogP contribution in [0, 0.1) is 5.92 Å². The number of likely N-dealkylation sites (tertiary alicyclic amines) is 1. The van der Waals surface area contributed by atoms with Crippen LogP contribution in [-0.2, 0) is 16.0 Å². The first kappa shape index (κ1) is 18.7. The number of carbonyl (C=O) groups is 2. The van der Waals surface area contributed by atoms with E-state index in [2.05, 4.69) is 10.6 Å². The minimum atomic E-state index is 0.0691. The van der Waals surface area contributed by atoms with Crippen LogP contribution < -0.4 is 15.4 Å². The van der Waals surface area contributed by atoms with Gasteiger partial charge < -0.3 is 20.3 Å². The zero-order valence-electron chi connectivity index (χ0n) is 15.6. The first-order chi connectivity index (χ1) is 12.7. The number of amides is 2. The van der Waals surface area contributed by atoms with Gasteiger partial charge in [-0.3, -0.25) is 9.59 Å². The number of hydrogen-bond donors (Lipinski definition) is 2. The number of benzene rings is 1. The van der Waals surface area contributed by atoms with Crippen molar-refractivity contribution < 1.29 is 14.3 Å². The highest BCUT2D eigenvalue weighted by Crippen LogP contribution is 2.27. The fraction of sp³-hybridized carbons (Fsp3) is 0.600. The number of anilines is 1. The molecule has 0 aliphatic carbocycles. The van der Waals surface area contributed by atoms with Gasteiger partial charge in [0.25, 0.3) is 0 Å². The van der Waals surface area contributed by atoms with Crippen molar-refractivity contribution in [2.45, 2.75) is 38.5 Å². The lowest BCUT2D eigenvalue weighted by molar-refractivity contribution is -0.132. The molecule has 1 fully saturated rings. The molecule has 1 aromatic rings. The summed E-state index contributed by atoms with van der Waals surface area (Å²) in [6.45, 7) is 3.33. The van der Waals surface area contributed by atoms with Gasteiger partial charge in [-0.2, -0.15) is 0 Å². The zero-order valence-corrected chi connectivity index (χ0v) is 15.6. The molecule has 26 heavy (non-hydrogen) atoms. The van der Waals surface area contributed by atoms with Crippen LogP contribution in [0.2, 0.25) is 0 Å². The van der Waals surface area contributed by atoms with Crippen LogP contribution in [0.5, 0.6) is 5.75 Å². The van der Waals surface area contributed by atoms with Gasteiger partial charge in [-0.25, -0.2) is 0 Å². The van der Waals surface area contributed by atoms with E-state index < -0.39 is 0 Å². The minimum Gasteiger partial charge on any atom is -0.494 e. The highest BCUT2D eigenvalue weighted by atomic mass is 16.5. The highest BCUT2D eigenvalue weighted by molar-refractivity contribution is 5.94. The lowest BCUT2D eigenvalue weighted by atomic mass is 9.96. The SMILES string of the molecule is CNCC1CCN(C(=O)CCCOc2ccc3c(c2)CCC(=O)N3)CC1. The number of fused-ring (bicyclic) bond motifs is 1. The Labute approximate surface area is 155 Å². The molecule has 1 saturated heterocycles. The number of carbonyl (C=O) groups excluding carboxylic acids is 2. The normalized spacial score (nSPS) is 17.6. The van der Waals surface area contributed by atoms with Crippen molar-refractivity contribution in [1.29, 1.82) is 0 Å². The van der Waals surface area contributed by atoms with Gasteiger partial charge in [0.1, 0.15) is 5.75 Å². The number of aryl methyl sites for hydroxylation is 1. The van der Waals surface area contributed by atoms with Gasteiger partial charge in [0.05, 0.1) is 6.61 Å². The Balaban J connectivity index is 1.36. The van der Waals surface area contributed by atoms with E-state index in [1.54, 1.807) is 0 Å². The molecule has 0 bridgehead atoms. The standard InChI is InChI=1S/C20H29N3O3/c1-21-14-15-8-10-23(11-9-15)20(25)3-2-12-26-17-5-6-18-16(13-17)4-7-19(24)22-18/h5-6,13,15,21H,2-4,7-12,14H2,1H3,(H,22,24). The van der Waals surface area contributed by atoms with Crippen molar-refractivity contribution in [3.63, 3.8) is 0 Å². The maximum absolute atomic E-state index is 12.3. The molecule has 0 atom stereocenters. The van der Waals surface area contributed by atoms with Crippen LogP contribution in [0.25, 0.3) is 0 Å². The van der Waals surface area contributed by atoms with Gasteiger partial charge in [-0.05, 0) is 69.0 Å². The van der Waals surface area contributed by atoms with E-state index in [9.17, 15) is 9.59 Å². The zero-order chi connectivity index (χ0) is 18.4. The van der Waals surface area contributed by atoms with Crippen molar-refractivity contribution in [1.82, 2.24) is 10.2 Å². The largest absolute Gasteiger partial charge is 0.494 e. The summed E-state index contributed by atoms with van der Waals surface area (Å²) >= 11 is 0. The lowest BCUT2D eigenvalue weighted by Gasteiger charge is -2.32. The predicted octanol–water partition coefficient (Wildman–Crippen LogP) is 2.19. The molecule has 0 unspecified atom stereocenters. The maximum atomic E-state index is 12.3. The number of ether oxygens (including phenoxy) is 1. The van der Waals surface area contributed by atoms with Crippen LogP contribution >= 0.6 is 0 Å². The molecule has 2 amide bonds. The monoisotopic (exact) mass is 359 g/mol. The number of hydrogen-bond acceptors (Lipinski definition) is 4. The lowest BCUT2D eigenvalue weighted by Crippen LogP contribution is -2.40. The molecule has 0 aromatic heterocycles. The molecule has 142 valence electrons. The second-order valence-corrected chi connectivity index (χ2v) is 7.20. The van der Waals surface area contributed by atoms with Gasteiger partial charge in [0, 0.05) is 31.6 Å². The molecule has 1 aromatic carbocycles. The molecule has 2 aliphatic heterocycles. The summed E-state index contributed by atoms with van der Waals surface area (Å²) in [4.78, 5) is 25.7. The fourth-order valence-electron chi connectivity index (χ4n) is 3.70. The van der Waals surface area contributed by atoms with E-state index in [0.29, 0.717) is 25.4 Å². The van der Waals surface area contributed by atoms with Crippen molar-refractivity contribution in [2.75, 3.05) is 38.6 Å². The molecule has 0 saturated carbocycles. The van der Waals surface area contributed by atoms with Gasteiger partial charge in [-0.1, -0.05) is 0 Å². The number of rotatable bonds is 7. The quantitative estimate of drug-likeness (QED) is 0.732. The van der Waals surface area contributed by atoms with Crippen molar-refractivity contribution in [3.8, 4) is 5.75 Å². The third-order valence-corrected chi connectivity index (χ3v) is 5.24. The summed E-state index contributed by atoms with van der Waals surface area (Å²) in [5.74, 6) is 1.81. The number of nitrogens with one attached hydrogen (secondary N) is 2. The molecule has 2 N–H and O–H groups in total. The van der Waals surface area contributed by atoms with Crippen LogP contribution in [0.15, 0.2) is 18.2 Å². The molecular formula is C20H29N3O3. The van der Waals surface area contributed by atoms with Gasteiger partial charge in [0.2, 0.25) is 11.8 Å². The van der Waals surface area contributed by atoms with Crippen molar-refractivity contribution in [2.24, 2.45) is 5.92 Å². The van der Waals surface area contributed by atoms with Crippen LogP contribution in [0.4, 0.5) is 5.69 Å². The summed E-state index contributed by atoms with van der Waals surface area (Å²) in [6, 6.07) is 5.75. The summed E-state index contributed by atoms with van der Waals surface area (Å²) in [7, 11) is 1.98. The Morgan fingerprint density at radius 2 is 2.12 bits per heavy atom. The predicted molar refractivity (Wildman–Crippen MR) is 101 cm³/mol. The molecule has 2 aliphatic rings. The Hall–Kier alpha value is -2.08. The Morgan fingerprint density at radius 1 is 1.31 bits per heavy atom. The number of piperidine rings is 1. The Bertz CT molecular complexity index is 639. The molecule has 0 spiro atoms. The second-order valence-electron chi connectivity index (χ2n) is 7.20. The topological polar surface area (TPSA) is 70.7 Å². The van der Waals surface area contributed by atoms with Gasteiger partial charge in [0.15, 0.2) is 0 Å². The van der Waals surface area contributed by atoms with E-state index in [4.69, 9.17) is 4.74 Å². The second kappa shape index (κ2) is 9.03. The Kier molecular flexibility index (Phi) is 6.50. The maximum Gasteiger partial charge on any atom is 0.224 e. The van der Waals surface area contributed by atoms with E-state index >= 15 is 0 Å². The molecule has 0 radical (unpaired) electrons. The van der Waals surface area contributed by atoms with Crippen LogP contribution in [0.3, 0.4) is 0 Å². The van der Waals surface area contributed by atoms with E-state index in [-0.39, 0.29) is 11.8 Å². The average Bonchev–Trinajstić information content (AvgIpc) is 2.66. The van der Waals surface area contributed by atoms with E-state index in [1.165, 1.54) is 0 Å². The molecule has 2 heterocycles. The van der Waals surface area contributed by atoms with Crippen molar-refractivity contribution in [3.05, 3.63) is 23.8 Å². The smallest absolute Gasteiger partial charge is 0.224 e.